The topological polar surface area (TPSA) is 126 Å². The van der Waals surface area contributed by atoms with Crippen LogP contribution in [-0.2, 0) is 17.3 Å². The first-order valence-corrected chi connectivity index (χ1v) is 12.1. The van der Waals surface area contributed by atoms with E-state index in [4.69, 9.17) is 11.6 Å². The maximum absolute atomic E-state index is 12.7. The average molecular weight is 513 g/mol. The molecule has 0 aliphatic carbocycles. The minimum Gasteiger partial charge on any atom is -0.368 e. The number of hydrogen-bond donors (Lipinski definition) is 4. The Morgan fingerprint density at radius 3 is 2.03 bits per heavy atom. The number of carbonyl (C=O) groups is 2. The van der Waals surface area contributed by atoms with E-state index < -0.39 is 0 Å². The van der Waals surface area contributed by atoms with E-state index in [1.807, 2.05) is 18.2 Å². The highest BCUT2D eigenvalue weighted by atomic mass is 35.5. The predicted octanol–water partition coefficient (Wildman–Crippen LogP) is 3.22. The van der Waals surface area contributed by atoms with Crippen LogP contribution in [-0.4, -0.2) is 57.7 Å². The molecule has 0 unspecified atom stereocenters. The Kier molecular flexibility index (Phi) is 8.87. The molecule has 0 saturated heterocycles. The molecule has 0 aliphatic rings. The number of anilines is 2. The lowest BCUT2D eigenvalue weighted by Gasteiger charge is -2.13. The number of amides is 2. The second kappa shape index (κ2) is 11.9. The van der Waals surface area contributed by atoms with Crippen LogP contribution in [0.25, 0.3) is 11.4 Å². The van der Waals surface area contributed by atoms with Gasteiger partial charge in [0.1, 0.15) is 17.3 Å². The first kappa shape index (κ1) is 26.9. The molecule has 0 atom stereocenters. The summed E-state index contributed by atoms with van der Waals surface area (Å²) in [6, 6.07) is 10.9. The van der Waals surface area contributed by atoms with Crippen LogP contribution in [0.5, 0.6) is 0 Å². The van der Waals surface area contributed by atoms with E-state index in [1.165, 1.54) is 6.92 Å². The number of halogens is 1. The van der Waals surface area contributed by atoms with E-state index in [2.05, 4.69) is 57.1 Å². The highest BCUT2D eigenvalue weighted by Crippen LogP contribution is 2.23. The number of carbonyl (C=O) groups excluding carboxylic acids is 2. The molecule has 11 heteroatoms. The average Bonchev–Trinajstić information content (AvgIpc) is 3.22. The lowest BCUT2D eigenvalue weighted by atomic mass is 9.92. The largest absolute Gasteiger partial charge is 0.368 e. The summed E-state index contributed by atoms with van der Waals surface area (Å²) in [5.41, 5.74) is 2.05. The fourth-order valence-electron chi connectivity index (χ4n) is 3.29. The number of rotatable bonds is 10. The fraction of sp³-hybridized carbons (Fsp3) is 0.400. The molecule has 10 nitrogen and oxygen atoms in total. The number of nitrogens with zero attached hydrogens (tertiary/aromatic N) is 4. The van der Waals surface area contributed by atoms with Gasteiger partial charge in [0, 0.05) is 62.2 Å². The van der Waals surface area contributed by atoms with Crippen LogP contribution in [0.3, 0.4) is 0 Å². The van der Waals surface area contributed by atoms with Crippen molar-refractivity contribution in [2.24, 2.45) is 7.05 Å². The molecule has 2 aromatic heterocycles. The number of aryl methyl sites for hydroxylation is 1. The zero-order valence-electron chi connectivity index (χ0n) is 21.3. The van der Waals surface area contributed by atoms with Gasteiger partial charge in [-0.25, -0.2) is 9.97 Å². The maximum atomic E-state index is 12.7. The number of hydrogen-bond acceptors (Lipinski definition) is 7. The van der Waals surface area contributed by atoms with E-state index in [0.29, 0.717) is 54.4 Å². The highest BCUT2D eigenvalue weighted by Gasteiger charge is 2.21. The second-order valence-electron chi connectivity index (χ2n) is 9.35. The van der Waals surface area contributed by atoms with Gasteiger partial charge in [-0.3, -0.25) is 14.3 Å². The Hall–Kier alpha value is -3.66. The van der Waals surface area contributed by atoms with Crippen molar-refractivity contribution in [1.29, 1.82) is 0 Å². The van der Waals surface area contributed by atoms with Crippen molar-refractivity contribution in [2.75, 3.05) is 36.8 Å². The lowest BCUT2D eigenvalue weighted by Crippen LogP contribution is -2.30. The third-order valence-electron chi connectivity index (χ3n) is 5.23. The van der Waals surface area contributed by atoms with Crippen LogP contribution in [0.1, 0.15) is 43.9 Å². The Balaban J connectivity index is 1.64. The fourth-order valence-corrected chi connectivity index (χ4v) is 3.41. The number of nitrogens with one attached hydrogen (secondary N) is 4. The zero-order chi connectivity index (χ0) is 26.3. The van der Waals surface area contributed by atoms with Crippen molar-refractivity contribution in [2.45, 2.75) is 33.1 Å². The molecule has 0 saturated carbocycles. The maximum Gasteiger partial charge on any atom is 0.269 e. The smallest absolute Gasteiger partial charge is 0.269 e. The van der Waals surface area contributed by atoms with E-state index in [1.54, 1.807) is 29.9 Å². The van der Waals surface area contributed by atoms with Crippen LogP contribution < -0.4 is 21.3 Å². The van der Waals surface area contributed by atoms with Crippen LogP contribution >= 0.6 is 11.6 Å². The van der Waals surface area contributed by atoms with Gasteiger partial charge in [-0.05, 0) is 30.3 Å². The Bertz CT molecular complexity index is 1200. The molecule has 2 heterocycles. The molecular weight excluding hydrogens is 480 g/mol. The van der Waals surface area contributed by atoms with Crippen LogP contribution in [0.2, 0.25) is 5.02 Å². The molecule has 3 aromatic rings. The third-order valence-corrected chi connectivity index (χ3v) is 5.48. The molecule has 192 valence electrons. The summed E-state index contributed by atoms with van der Waals surface area (Å²) in [4.78, 5) is 32.9. The third kappa shape index (κ3) is 7.67. The Morgan fingerprint density at radius 2 is 1.50 bits per heavy atom. The molecule has 0 radical (unpaired) electrons. The van der Waals surface area contributed by atoms with Crippen molar-refractivity contribution in [3.8, 4) is 11.4 Å². The molecule has 2 amide bonds. The summed E-state index contributed by atoms with van der Waals surface area (Å²) in [6.07, 6.45) is 0. The summed E-state index contributed by atoms with van der Waals surface area (Å²) in [7, 11) is 1.77. The van der Waals surface area contributed by atoms with Crippen LogP contribution in [0, 0.1) is 0 Å². The van der Waals surface area contributed by atoms with Gasteiger partial charge < -0.3 is 21.3 Å². The summed E-state index contributed by atoms with van der Waals surface area (Å²) < 4.78 is 1.60. The molecule has 0 fully saturated rings. The molecule has 1 aromatic carbocycles. The van der Waals surface area contributed by atoms with Gasteiger partial charge in [0.25, 0.3) is 5.91 Å². The van der Waals surface area contributed by atoms with Crippen LogP contribution in [0.15, 0.2) is 36.4 Å². The normalized spacial score (nSPS) is 11.2. The molecule has 3 rings (SSSR count). The molecule has 0 aliphatic heterocycles. The lowest BCUT2D eigenvalue weighted by molar-refractivity contribution is -0.118. The van der Waals surface area contributed by atoms with E-state index >= 15 is 0 Å². The van der Waals surface area contributed by atoms with Crippen molar-refractivity contribution in [1.82, 2.24) is 30.4 Å². The zero-order valence-corrected chi connectivity index (χ0v) is 22.0. The van der Waals surface area contributed by atoms with Crippen molar-refractivity contribution < 1.29 is 9.59 Å². The first-order valence-electron chi connectivity index (χ1n) is 11.7. The van der Waals surface area contributed by atoms with Crippen molar-refractivity contribution in [3.63, 3.8) is 0 Å². The van der Waals surface area contributed by atoms with Gasteiger partial charge in [-0.1, -0.05) is 32.4 Å². The van der Waals surface area contributed by atoms with Gasteiger partial charge in [-0.2, -0.15) is 5.10 Å². The van der Waals surface area contributed by atoms with Crippen molar-refractivity contribution >= 4 is 35.1 Å². The minimum atomic E-state index is -0.188. The summed E-state index contributed by atoms with van der Waals surface area (Å²) in [5.74, 6) is 1.45. The van der Waals surface area contributed by atoms with Gasteiger partial charge in [0.2, 0.25) is 5.91 Å². The molecule has 36 heavy (non-hydrogen) atoms. The van der Waals surface area contributed by atoms with E-state index in [9.17, 15) is 9.59 Å². The molecular formula is C25H33ClN8O2. The monoisotopic (exact) mass is 512 g/mol. The Labute approximate surface area is 216 Å². The van der Waals surface area contributed by atoms with Crippen molar-refractivity contribution in [3.05, 3.63) is 52.8 Å². The van der Waals surface area contributed by atoms with Gasteiger partial charge >= 0.3 is 0 Å². The molecule has 4 N–H and O–H groups in total. The van der Waals surface area contributed by atoms with Gasteiger partial charge in [0.05, 0.1) is 5.69 Å². The van der Waals surface area contributed by atoms with E-state index in [0.717, 1.165) is 11.3 Å². The first-order chi connectivity index (χ1) is 17.0. The second-order valence-corrected chi connectivity index (χ2v) is 9.79. The summed E-state index contributed by atoms with van der Waals surface area (Å²) in [5, 5.41) is 17.2. The Morgan fingerprint density at radius 1 is 0.917 bits per heavy atom. The van der Waals surface area contributed by atoms with Gasteiger partial charge in [-0.15, -0.1) is 0 Å². The quantitative estimate of drug-likeness (QED) is 0.307. The van der Waals surface area contributed by atoms with E-state index in [-0.39, 0.29) is 17.2 Å². The summed E-state index contributed by atoms with van der Waals surface area (Å²) in [6.45, 7) is 9.47. The molecule has 0 bridgehead atoms. The van der Waals surface area contributed by atoms with Crippen LogP contribution in [0.4, 0.5) is 11.6 Å². The molecule has 0 spiro atoms. The standard InChI is InChI=1S/C25H33ClN8O2/c1-16(35)27-10-11-28-21-15-22(32-23(31-21)17-6-8-18(26)9-7-17)29-12-13-30-24(36)19-14-20(25(2,3)4)33-34(19)5/h6-9,14-15H,10-13H2,1-5H3,(H,27,35)(H,30,36)(H2,28,29,31,32). The van der Waals surface area contributed by atoms with Gasteiger partial charge in [0.15, 0.2) is 5.82 Å². The minimum absolute atomic E-state index is 0.0912. The predicted molar refractivity (Wildman–Crippen MR) is 142 cm³/mol. The summed E-state index contributed by atoms with van der Waals surface area (Å²) >= 11 is 6.02. The number of aromatic nitrogens is 4. The number of benzene rings is 1. The highest BCUT2D eigenvalue weighted by molar-refractivity contribution is 6.30. The SMILES string of the molecule is CC(=O)NCCNc1cc(NCCNC(=O)c2cc(C(C)(C)C)nn2C)nc(-c2ccc(Cl)cc2)n1.